The van der Waals surface area contributed by atoms with E-state index in [1.165, 1.54) is 44.3 Å². The summed E-state index contributed by atoms with van der Waals surface area (Å²) in [6.07, 6.45) is 5.65. The van der Waals surface area contributed by atoms with E-state index >= 15 is 0 Å². The molecule has 1 N–H and O–H groups in total. The molecule has 0 atom stereocenters. The Labute approximate surface area is 98.3 Å². The molecule has 1 aromatic carbocycles. The van der Waals surface area contributed by atoms with Crippen LogP contribution in [0.4, 0.5) is 0 Å². The molecule has 0 aromatic heterocycles. The molecule has 0 amide bonds. The molecular weight excluding hydrogens is 194 g/mol. The van der Waals surface area contributed by atoms with Gasteiger partial charge < -0.3 is 5.32 Å². The average Bonchev–Trinajstić information content (AvgIpc) is 2.28. The number of hydrogen-bond acceptors (Lipinski definition) is 1. The van der Waals surface area contributed by atoms with Crippen LogP contribution < -0.4 is 5.32 Å². The van der Waals surface area contributed by atoms with Crippen LogP contribution in [0.2, 0.25) is 0 Å². The highest BCUT2D eigenvalue weighted by Crippen LogP contribution is 2.45. The van der Waals surface area contributed by atoms with Crippen molar-refractivity contribution < 1.29 is 0 Å². The third kappa shape index (κ3) is 1.67. The molecule has 1 heterocycles. The summed E-state index contributed by atoms with van der Waals surface area (Å²) < 4.78 is 0. The Morgan fingerprint density at radius 2 is 1.81 bits per heavy atom. The van der Waals surface area contributed by atoms with Gasteiger partial charge in [0.25, 0.3) is 0 Å². The average molecular weight is 215 g/mol. The predicted octanol–water partition coefficient (Wildman–Crippen LogP) is 3.24. The Hall–Kier alpha value is -0.820. The van der Waals surface area contributed by atoms with Gasteiger partial charge in [0.15, 0.2) is 0 Å². The fraction of sp³-hybridized carbons (Fsp3) is 0.600. The Morgan fingerprint density at radius 1 is 1.12 bits per heavy atom. The van der Waals surface area contributed by atoms with Gasteiger partial charge in [0.1, 0.15) is 0 Å². The molecule has 1 saturated heterocycles. The maximum absolute atomic E-state index is 3.44. The van der Waals surface area contributed by atoms with Gasteiger partial charge in [0.2, 0.25) is 0 Å². The summed E-state index contributed by atoms with van der Waals surface area (Å²) in [5, 5.41) is 3.44. The fourth-order valence-corrected chi connectivity index (χ4v) is 3.42. The lowest BCUT2D eigenvalue weighted by Crippen LogP contribution is -2.54. The van der Waals surface area contributed by atoms with Crippen molar-refractivity contribution in [3.05, 3.63) is 35.4 Å². The molecule has 1 aliphatic heterocycles. The van der Waals surface area contributed by atoms with Gasteiger partial charge in [-0.15, -0.1) is 0 Å². The van der Waals surface area contributed by atoms with Gasteiger partial charge in [-0.25, -0.2) is 0 Å². The minimum absolute atomic E-state index is 0.694. The molecular formula is C15H21N. The predicted molar refractivity (Wildman–Crippen MR) is 67.7 cm³/mol. The van der Waals surface area contributed by atoms with Gasteiger partial charge >= 0.3 is 0 Å². The van der Waals surface area contributed by atoms with E-state index in [4.69, 9.17) is 0 Å². The van der Waals surface area contributed by atoms with Gasteiger partial charge in [0, 0.05) is 13.1 Å². The zero-order chi connectivity index (χ0) is 11.0. The van der Waals surface area contributed by atoms with Crippen LogP contribution in [0, 0.1) is 12.3 Å². The first kappa shape index (κ1) is 10.3. The molecule has 86 valence electrons. The largest absolute Gasteiger partial charge is 0.316 e. The summed E-state index contributed by atoms with van der Waals surface area (Å²) in [6.45, 7) is 4.80. The Balaban J connectivity index is 1.72. The van der Waals surface area contributed by atoms with E-state index in [0.29, 0.717) is 5.41 Å². The summed E-state index contributed by atoms with van der Waals surface area (Å²) in [5.74, 6) is 0.826. The summed E-state index contributed by atoms with van der Waals surface area (Å²) in [5.41, 5.74) is 3.78. The molecule has 1 aromatic rings. The maximum atomic E-state index is 3.44. The van der Waals surface area contributed by atoms with Crippen molar-refractivity contribution in [3.8, 4) is 0 Å². The first-order chi connectivity index (χ1) is 7.79. The van der Waals surface area contributed by atoms with Crippen LogP contribution >= 0.6 is 0 Å². The van der Waals surface area contributed by atoms with E-state index in [9.17, 15) is 0 Å². The van der Waals surface area contributed by atoms with Gasteiger partial charge in [-0.3, -0.25) is 0 Å². The minimum Gasteiger partial charge on any atom is -0.316 e. The third-order valence-electron chi connectivity index (χ3n) is 4.67. The zero-order valence-corrected chi connectivity index (χ0v) is 10.1. The van der Waals surface area contributed by atoms with E-state index in [2.05, 4.69) is 36.5 Å². The highest BCUT2D eigenvalue weighted by Gasteiger charge is 2.40. The highest BCUT2D eigenvalue weighted by molar-refractivity contribution is 5.29. The Morgan fingerprint density at radius 3 is 2.38 bits per heavy atom. The van der Waals surface area contributed by atoms with Gasteiger partial charge in [-0.1, -0.05) is 24.3 Å². The van der Waals surface area contributed by atoms with Gasteiger partial charge in [-0.05, 0) is 55.1 Å². The molecule has 1 saturated carbocycles. The summed E-state index contributed by atoms with van der Waals surface area (Å²) >= 11 is 0. The second-order valence-corrected chi connectivity index (χ2v) is 5.73. The normalized spacial score (nSPS) is 24.3. The van der Waals surface area contributed by atoms with Crippen LogP contribution in [0.15, 0.2) is 24.3 Å². The van der Waals surface area contributed by atoms with E-state index in [0.717, 1.165) is 5.92 Å². The molecule has 1 aliphatic carbocycles. The smallest absolute Gasteiger partial charge is 0.00202 e. The zero-order valence-electron chi connectivity index (χ0n) is 10.1. The monoisotopic (exact) mass is 215 g/mol. The molecule has 0 bridgehead atoms. The van der Waals surface area contributed by atoms with Crippen molar-refractivity contribution in [2.45, 2.75) is 38.5 Å². The summed E-state index contributed by atoms with van der Waals surface area (Å²) in [4.78, 5) is 0. The summed E-state index contributed by atoms with van der Waals surface area (Å²) in [6, 6.07) is 8.93. The first-order valence-electron chi connectivity index (χ1n) is 6.55. The molecule has 16 heavy (non-hydrogen) atoms. The van der Waals surface area contributed by atoms with Gasteiger partial charge in [-0.2, -0.15) is 0 Å². The maximum Gasteiger partial charge on any atom is 0.00202 e. The van der Waals surface area contributed by atoms with Crippen molar-refractivity contribution in [1.29, 1.82) is 0 Å². The SMILES string of the molecule is Cc1ccccc1C1CCC2(CC1)CNC2. The molecule has 1 spiro atoms. The molecule has 2 aliphatic rings. The van der Waals surface area contributed by atoms with E-state index in [-0.39, 0.29) is 0 Å². The minimum atomic E-state index is 0.694. The van der Waals surface area contributed by atoms with Crippen LogP contribution in [-0.2, 0) is 0 Å². The van der Waals surface area contributed by atoms with Crippen LogP contribution in [0.25, 0.3) is 0 Å². The van der Waals surface area contributed by atoms with E-state index < -0.39 is 0 Å². The second kappa shape index (κ2) is 3.89. The van der Waals surface area contributed by atoms with Crippen molar-refractivity contribution in [2.75, 3.05) is 13.1 Å². The van der Waals surface area contributed by atoms with Crippen LogP contribution in [0.5, 0.6) is 0 Å². The van der Waals surface area contributed by atoms with E-state index in [1.807, 2.05) is 0 Å². The lowest BCUT2D eigenvalue weighted by atomic mass is 9.65. The number of hydrogen-bond donors (Lipinski definition) is 1. The van der Waals surface area contributed by atoms with Crippen molar-refractivity contribution in [2.24, 2.45) is 5.41 Å². The standard InChI is InChI=1S/C15H21N/c1-12-4-2-3-5-14(12)13-6-8-15(9-7-13)10-16-11-15/h2-5,13,16H,6-11H2,1H3. The molecule has 0 unspecified atom stereocenters. The lowest BCUT2D eigenvalue weighted by molar-refractivity contribution is 0.0974. The number of benzene rings is 1. The number of aryl methyl sites for hydroxylation is 1. The molecule has 0 radical (unpaired) electrons. The fourth-order valence-electron chi connectivity index (χ4n) is 3.42. The molecule has 3 rings (SSSR count). The number of rotatable bonds is 1. The second-order valence-electron chi connectivity index (χ2n) is 5.73. The van der Waals surface area contributed by atoms with Crippen molar-refractivity contribution in [1.82, 2.24) is 5.32 Å². The molecule has 1 nitrogen and oxygen atoms in total. The summed E-state index contributed by atoms with van der Waals surface area (Å²) in [7, 11) is 0. The highest BCUT2D eigenvalue weighted by atomic mass is 15.0. The van der Waals surface area contributed by atoms with E-state index in [1.54, 1.807) is 5.56 Å². The Kier molecular flexibility index (Phi) is 2.51. The van der Waals surface area contributed by atoms with Crippen molar-refractivity contribution >= 4 is 0 Å². The molecule has 2 fully saturated rings. The number of nitrogens with one attached hydrogen (secondary N) is 1. The van der Waals surface area contributed by atoms with Gasteiger partial charge in [0.05, 0.1) is 0 Å². The first-order valence-corrected chi connectivity index (χ1v) is 6.55. The quantitative estimate of drug-likeness (QED) is 0.758. The van der Waals surface area contributed by atoms with Crippen LogP contribution in [0.3, 0.4) is 0 Å². The lowest BCUT2D eigenvalue weighted by Gasteiger charge is -2.47. The third-order valence-corrected chi connectivity index (χ3v) is 4.67. The molecule has 1 heteroatoms. The Bertz CT molecular complexity index is 369. The van der Waals surface area contributed by atoms with Crippen LogP contribution in [0.1, 0.15) is 42.7 Å². The van der Waals surface area contributed by atoms with Crippen molar-refractivity contribution in [3.63, 3.8) is 0 Å². The topological polar surface area (TPSA) is 12.0 Å². The van der Waals surface area contributed by atoms with Crippen LogP contribution in [-0.4, -0.2) is 13.1 Å².